The topological polar surface area (TPSA) is 94.7 Å². The van der Waals surface area contributed by atoms with Gasteiger partial charge in [-0.2, -0.15) is 5.10 Å². The number of hydrogen-bond acceptors (Lipinski definition) is 6. The zero-order valence-corrected chi connectivity index (χ0v) is 15.2. The van der Waals surface area contributed by atoms with E-state index in [0.717, 1.165) is 34.1 Å². The van der Waals surface area contributed by atoms with Crippen molar-refractivity contribution < 1.29 is 13.6 Å². The van der Waals surface area contributed by atoms with Gasteiger partial charge in [0.25, 0.3) is 5.56 Å². The molecule has 1 amide bonds. The van der Waals surface area contributed by atoms with E-state index < -0.39 is 23.1 Å². The molecular formula is C17H12F2N6O2S. The van der Waals surface area contributed by atoms with Gasteiger partial charge in [0.2, 0.25) is 5.91 Å². The van der Waals surface area contributed by atoms with Crippen LogP contribution in [0.25, 0.3) is 22.3 Å². The van der Waals surface area contributed by atoms with Crippen LogP contribution in [0.5, 0.6) is 0 Å². The van der Waals surface area contributed by atoms with Gasteiger partial charge in [-0.3, -0.25) is 18.8 Å². The number of thiazole rings is 1. The quantitative estimate of drug-likeness (QED) is 0.565. The number of nitrogens with one attached hydrogen (secondary N) is 1. The molecule has 0 aliphatic carbocycles. The van der Waals surface area contributed by atoms with Gasteiger partial charge >= 0.3 is 0 Å². The van der Waals surface area contributed by atoms with Crippen LogP contribution in [-0.4, -0.2) is 30.2 Å². The Hall–Kier alpha value is -3.47. The van der Waals surface area contributed by atoms with Crippen LogP contribution in [0.2, 0.25) is 0 Å². The lowest BCUT2D eigenvalue weighted by Crippen LogP contribution is -2.27. The Morgan fingerprint density at radius 2 is 2.14 bits per heavy atom. The van der Waals surface area contributed by atoms with E-state index in [4.69, 9.17) is 0 Å². The van der Waals surface area contributed by atoms with Crippen LogP contribution in [-0.2, 0) is 18.4 Å². The molecule has 3 heterocycles. The number of aryl methyl sites for hydroxylation is 1. The smallest absolute Gasteiger partial charge is 0.264 e. The van der Waals surface area contributed by atoms with Crippen molar-refractivity contribution in [2.45, 2.75) is 6.54 Å². The van der Waals surface area contributed by atoms with Crippen LogP contribution in [0, 0.1) is 11.6 Å². The minimum absolute atomic E-state index is 0.000743. The molecule has 142 valence electrons. The van der Waals surface area contributed by atoms with E-state index in [0.29, 0.717) is 11.0 Å². The van der Waals surface area contributed by atoms with Crippen molar-refractivity contribution in [1.82, 2.24) is 24.3 Å². The second kappa shape index (κ2) is 6.93. The summed E-state index contributed by atoms with van der Waals surface area (Å²) in [5.41, 5.74) is 0.227. The van der Waals surface area contributed by atoms with E-state index in [9.17, 15) is 18.4 Å². The predicted octanol–water partition coefficient (Wildman–Crippen LogP) is 2.17. The van der Waals surface area contributed by atoms with Gasteiger partial charge in [0, 0.05) is 18.0 Å². The summed E-state index contributed by atoms with van der Waals surface area (Å²) in [6, 6.07) is 3.05. The van der Waals surface area contributed by atoms with Crippen molar-refractivity contribution in [3.8, 4) is 11.3 Å². The highest BCUT2D eigenvalue weighted by Gasteiger charge is 2.14. The molecule has 0 fully saturated rings. The normalized spacial score (nSPS) is 11.1. The van der Waals surface area contributed by atoms with Crippen LogP contribution in [0.4, 0.5) is 13.9 Å². The fraction of sp³-hybridized carbons (Fsp3) is 0.118. The Balaban J connectivity index is 1.52. The van der Waals surface area contributed by atoms with E-state index in [-0.39, 0.29) is 22.9 Å². The van der Waals surface area contributed by atoms with Gasteiger partial charge < -0.3 is 5.32 Å². The number of carbonyl (C=O) groups is 1. The number of nitrogens with zero attached hydrogens (tertiary/aromatic N) is 5. The molecule has 0 aliphatic rings. The maximum Gasteiger partial charge on any atom is 0.264 e. The Labute approximate surface area is 160 Å². The number of hydrogen-bond donors (Lipinski definition) is 1. The van der Waals surface area contributed by atoms with Crippen LogP contribution in [0.15, 0.2) is 40.9 Å². The molecule has 28 heavy (non-hydrogen) atoms. The minimum atomic E-state index is -0.619. The Kier molecular flexibility index (Phi) is 4.43. The highest BCUT2D eigenvalue weighted by atomic mass is 32.1. The number of anilines is 1. The number of rotatable bonds is 4. The van der Waals surface area contributed by atoms with Gasteiger partial charge in [0.05, 0.1) is 11.9 Å². The molecule has 0 spiro atoms. The number of amides is 1. The van der Waals surface area contributed by atoms with E-state index in [1.54, 1.807) is 7.05 Å². The SMILES string of the molecule is Cn1ncc2c(=O)n(CC(=O)Nc3nc(-c4cc(F)ccc4F)cs3)cnc21. The first-order valence-corrected chi connectivity index (χ1v) is 8.88. The van der Waals surface area contributed by atoms with Crippen molar-refractivity contribution in [2.24, 2.45) is 7.05 Å². The number of fused-ring (bicyclic) bond motifs is 1. The second-order valence-electron chi connectivity index (χ2n) is 5.89. The van der Waals surface area contributed by atoms with Gasteiger partial charge in [-0.25, -0.2) is 18.7 Å². The Morgan fingerprint density at radius 1 is 1.32 bits per heavy atom. The minimum Gasteiger partial charge on any atom is -0.300 e. The summed E-state index contributed by atoms with van der Waals surface area (Å²) in [5, 5.41) is 8.51. The van der Waals surface area contributed by atoms with Crippen molar-refractivity contribution in [3.63, 3.8) is 0 Å². The molecule has 0 radical (unpaired) electrons. The van der Waals surface area contributed by atoms with Gasteiger partial charge in [-0.05, 0) is 18.2 Å². The number of carbonyl (C=O) groups excluding carboxylic acids is 1. The summed E-state index contributed by atoms with van der Waals surface area (Å²) >= 11 is 1.06. The molecular weight excluding hydrogens is 390 g/mol. The van der Waals surface area contributed by atoms with Crippen molar-refractivity contribution in [1.29, 1.82) is 0 Å². The summed E-state index contributed by atoms with van der Waals surface area (Å²) in [6.07, 6.45) is 2.65. The molecule has 1 N–H and O–H groups in total. The van der Waals surface area contributed by atoms with Crippen molar-refractivity contribution in [3.05, 3.63) is 58.1 Å². The fourth-order valence-corrected chi connectivity index (χ4v) is 3.37. The monoisotopic (exact) mass is 402 g/mol. The van der Waals surface area contributed by atoms with Crippen LogP contribution in [0.1, 0.15) is 0 Å². The first kappa shape index (κ1) is 17.9. The predicted molar refractivity (Wildman–Crippen MR) is 98.9 cm³/mol. The molecule has 0 atom stereocenters. The number of halogens is 2. The largest absolute Gasteiger partial charge is 0.300 e. The molecule has 0 saturated carbocycles. The average Bonchev–Trinajstić information content (AvgIpc) is 3.27. The lowest BCUT2D eigenvalue weighted by Gasteiger charge is -2.05. The molecule has 3 aromatic heterocycles. The Morgan fingerprint density at radius 3 is 2.96 bits per heavy atom. The highest BCUT2D eigenvalue weighted by molar-refractivity contribution is 7.14. The lowest BCUT2D eigenvalue weighted by atomic mass is 10.1. The summed E-state index contributed by atoms with van der Waals surface area (Å²) in [6.45, 7) is -0.278. The fourth-order valence-electron chi connectivity index (χ4n) is 2.64. The van der Waals surface area contributed by atoms with Gasteiger partial charge in [0.15, 0.2) is 10.8 Å². The van der Waals surface area contributed by atoms with E-state index in [1.807, 2.05) is 0 Å². The molecule has 8 nitrogen and oxygen atoms in total. The lowest BCUT2D eigenvalue weighted by molar-refractivity contribution is -0.116. The third-order valence-corrected chi connectivity index (χ3v) is 4.74. The molecule has 1 aromatic carbocycles. The molecule has 0 unspecified atom stereocenters. The highest BCUT2D eigenvalue weighted by Crippen LogP contribution is 2.27. The van der Waals surface area contributed by atoms with Gasteiger partial charge in [0.1, 0.15) is 29.9 Å². The standard InChI is InChI=1S/C17H12F2N6O2S/c1-24-15-11(5-21-24)16(27)25(8-20-15)6-14(26)23-17-22-13(7-28-17)10-4-9(18)2-3-12(10)19/h2-5,7-8H,6H2,1H3,(H,22,23,26). The first-order valence-electron chi connectivity index (χ1n) is 8.00. The third kappa shape index (κ3) is 3.27. The van der Waals surface area contributed by atoms with E-state index in [1.165, 1.54) is 22.6 Å². The van der Waals surface area contributed by atoms with Crippen LogP contribution < -0.4 is 10.9 Å². The van der Waals surface area contributed by atoms with E-state index >= 15 is 0 Å². The summed E-state index contributed by atoms with van der Waals surface area (Å²) < 4.78 is 29.8. The van der Waals surface area contributed by atoms with Gasteiger partial charge in [-0.15, -0.1) is 11.3 Å². The van der Waals surface area contributed by atoms with Crippen molar-refractivity contribution in [2.75, 3.05) is 5.32 Å². The first-order chi connectivity index (χ1) is 13.4. The van der Waals surface area contributed by atoms with Crippen LogP contribution in [0.3, 0.4) is 0 Å². The zero-order valence-electron chi connectivity index (χ0n) is 14.4. The number of benzene rings is 1. The third-order valence-electron chi connectivity index (χ3n) is 3.99. The summed E-state index contributed by atoms with van der Waals surface area (Å²) in [7, 11) is 1.66. The summed E-state index contributed by atoms with van der Waals surface area (Å²) in [4.78, 5) is 32.9. The molecule has 0 bridgehead atoms. The molecule has 4 aromatic rings. The maximum atomic E-state index is 13.8. The van der Waals surface area contributed by atoms with Crippen LogP contribution >= 0.6 is 11.3 Å². The second-order valence-corrected chi connectivity index (χ2v) is 6.75. The van der Waals surface area contributed by atoms with Gasteiger partial charge in [-0.1, -0.05) is 0 Å². The summed E-state index contributed by atoms with van der Waals surface area (Å²) in [5.74, 6) is -1.72. The maximum absolute atomic E-state index is 13.8. The molecule has 4 rings (SSSR count). The Bertz CT molecular complexity index is 1260. The van der Waals surface area contributed by atoms with E-state index in [2.05, 4.69) is 20.4 Å². The zero-order chi connectivity index (χ0) is 19.8. The average molecular weight is 402 g/mol. The molecule has 11 heteroatoms. The van der Waals surface area contributed by atoms with Crippen molar-refractivity contribution >= 4 is 33.4 Å². The molecule has 0 saturated heterocycles. The number of aromatic nitrogens is 5. The molecule has 0 aliphatic heterocycles.